The van der Waals surface area contributed by atoms with E-state index in [1.807, 2.05) is 44.2 Å². The highest BCUT2D eigenvalue weighted by Crippen LogP contribution is 2.31. The van der Waals surface area contributed by atoms with Crippen LogP contribution >= 0.6 is 11.8 Å². The summed E-state index contributed by atoms with van der Waals surface area (Å²) in [5, 5.41) is 12.1. The fourth-order valence-electron chi connectivity index (χ4n) is 4.27. The number of rotatable bonds is 11. The summed E-state index contributed by atoms with van der Waals surface area (Å²) in [7, 11) is 1.61. The summed E-state index contributed by atoms with van der Waals surface area (Å²) in [5.41, 5.74) is 3.18. The second-order valence-electron chi connectivity index (χ2n) is 9.59. The van der Waals surface area contributed by atoms with Crippen LogP contribution in [-0.4, -0.2) is 85.3 Å². The number of carbonyl (C=O) groups is 2. The maximum absolute atomic E-state index is 12.6. The first-order chi connectivity index (χ1) is 18.9. The van der Waals surface area contributed by atoms with Crippen LogP contribution in [0, 0.1) is 0 Å². The lowest BCUT2D eigenvalue weighted by atomic mass is 10.1. The van der Waals surface area contributed by atoms with Gasteiger partial charge in [0.05, 0.1) is 32.1 Å². The number of amides is 2. The van der Waals surface area contributed by atoms with E-state index in [-0.39, 0.29) is 11.3 Å². The normalized spacial score (nSPS) is 16.2. The van der Waals surface area contributed by atoms with Crippen LogP contribution in [0.15, 0.2) is 47.6 Å². The fraction of sp³-hybridized carbons (Fsp3) is 0.464. The van der Waals surface area contributed by atoms with Crippen LogP contribution in [-0.2, 0) is 11.3 Å². The number of anilines is 1. The van der Waals surface area contributed by atoms with Gasteiger partial charge in [-0.15, -0.1) is 0 Å². The maximum Gasteiger partial charge on any atom is 0.411 e. The van der Waals surface area contributed by atoms with Gasteiger partial charge in [0.25, 0.3) is 0 Å². The number of hydrogen-bond donors (Lipinski definition) is 2. The van der Waals surface area contributed by atoms with Crippen LogP contribution in [0.5, 0.6) is 11.5 Å². The second-order valence-corrected chi connectivity index (χ2v) is 10.5. The molecule has 210 valence electrons. The minimum atomic E-state index is -0.472. The van der Waals surface area contributed by atoms with Crippen LogP contribution < -0.4 is 20.1 Å². The largest absolute Gasteiger partial charge is 0.493 e. The quantitative estimate of drug-likeness (QED) is 0.393. The smallest absolute Gasteiger partial charge is 0.411 e. The van der Waals surface area contributed by atoms with Crippen molar-refractivity contribution in [3.63, 3.8) is 0 Å². The molecule has 1 fully saturated rings. The van der Waals surface area contributed by atoms with E-state index in [1.165, 1.54) is 16.8 Å². The van der Waals surface area contributed by atoms with E-state index in [4.69, 9.17) is 14.2 Å². The number of hydrogen-bond acceptors (Lipinski definition) is 9. The number of hydrazone groups is 1. The minimum Gasteiger partial charge on any atom is -0.493 e. The van der Waals surface area contributed by atoms with Gasteiger partial charge in [0.1, 0.15) is 0 Å². The first-order valence-corrected chi connectivity index (χ1v) is 14.2. The Balaban J connectivity index is 1.30. The third-order valence-electron chi connectivity index (χ3n) is 6.24. The topological polar surface area (TPSA) is 105 Å². The summed E-state index contributed by atoms with van der Waals surface area (Å²) in [6.45, 7) is 9.61. The third kappa shape index (κ3) is 8.61. The van der Waals surface area contributed by atoms with E-state index in [1.54, 1.807) is 19.2 Å². The molecule has 39 heavy (non-hydrogen) atoms. The minimum absolute atomic E-state index is 0.00314. The Kier molecular flexibility index (Phi) is 10.5. The van der Waals surface area contributed by atoms with Crippen LogP contribution in [0.4, 0.5) is 15.3 Å². The third-order valence-corrected chi connectivity index (χ3v) is 7.11. The molecule has 2 N–H and O–H groups in total. The molecule has 2 aromatic carbocycles. The lowest BCUT2D eigenvalue weighted by molar-refractivity contribution is 0.149. The standard InChI is InChI=1S/C28H37N5O5S/c1-20(2)38-26-17-22(7-10-25(26)36-3)24-19-39-28(35)33(31-24)18-21-5-8-23(9-6-21)30-27(34)37-16-4-13-32-14-11-29-12-15-32/h5-10,17,20,29H,4,11-16,18-19H2,1-3H3,(H,30,34). The van der Waals surface area contributed by atoms with Crippen LogP contribution in [0.3, 0.4) is 0 Å². The summed E-state index contributed by atoms with van der Waals surface area (Å²) in [5.74, 6) is 1.77. The average Bonchev–Trinajstić information content (AvgIpc) is 2.93. The molecule has 2 aromatic rings. The number of methoxy groups -OCH3 is 1. The highest BCUT2D eigenvalue weighted by Gasteiger charge is 2.23. The Morgan fingerprint density at radius 1 is 1.13 bits per heavy atom. The molecule has 1 saturated heterocycles. The summed E-state index contributed by atoms with van der Waals surface area (Å²) in [6, 6.07) is 13.0. The molecule has 4 rings (SSSR count). The van der Waals surface area contributed by atoms with Crippen molar-refractivity contribution in [1.82, 2.24) is 15.2 Å². The van der Waals surface area contributed by atoms with E-state index in [2.05, 4.69) is 20.6 Å². The van der Waals surface area contributed by atoms with Gasteiger partial charge in [-0.2, -0.15) is 5.10 Å². The molecule has 0 radical (unpaired) electrons. The van der Waals surface area contributed by atoms with Gasteiger partial charge < -0.3 is 24.4 Å². The molecule has 11 heteroatoms. The maximum atomic E-state index is 12.6. The molecule has 0 spiro atoms. The zero-order valence-corrected chi connectivity index (χ0v) is 23.6. The van der Waals surface area contributed by atoms with Crippen molar-refractivity contribution in [3.8, 4) is 11.5 Å². The molecule has 0 unspecified atom stereocenters. The number of nitrogens with zero attached hydrogens (tertiary/aromatic N) is 3. The van der Waals surface area contributed by atoms with Gasteiger partial charge in [0, 0.05) is 49.7 Å². The zero-order chi connectivity index (χ0) is 27.6. The molecule has 0 bridgehead atoms. The first kappa shape index (κ1) is 28.7. The van der Waals surface area contributed by atoms with E-state index in [0.29, 0.717) is 36.1 Å². The van der Waals surface area contributed by atoms with E-state index >= 15 is 0 Å². The van der Waals surface area contributed by atoms with E-state index < -0.39 is 6.09 Å². The summed E-state index contributed by atoms with van der Waals surface area (Å²) in [6.07, 6.45) is 0.330. The van der Waals surface area contributed by atoms with Gasteiger partial charge in [0.15, 0.2) is 11.5 Å². The van der Waals surface area contributed by atoms with Gasteiger partial charge in [-0.3, -0.25) is 10.1 Å². The Bertz CT molecular complexity index is 1150. The van der Waals surface area contributed by atoms with E-state index in [0.717, 1.165) is 56.0 Å². The number of thioether (sulfide) groups is 1. The number of piperazine rings is 1. The molecular weight excluding hydrogens is 518 g/mol. The average molecular weight is 556 g/mol. The molecule has 2 amide bonds. The zero-order valence-electron chi connectivity index (χ0n) is 22.8. The molecule has 0 saturated carbocycles. The first-order valence-electron chi connectivity index (χ1n) is 13.2. The summed E-state index contributed by atoms with van der Waals surface area (Å²) >= 11 is 1.21. The monoisotopic (exact) mass is 555 g/mol. The molecule has 2 aliphatic heterocycles. The van der Waals surface area contributed by atoms with E-state index in [9.17, 15) is 9.59 Å². The Labute approximate surface area is 234 Å². The van der Waals surface area contributed by atoms with Gasteiger partial charge in [-0.1, -0.05) is 23.9 Å². The SMILES string of the molecule is COc1ccc(C2=NN(Cc3ccc(NC(=O)OCCCN4CCNCC4)cc3)C(=O)SC2)cc1OC(C)C. The molecule has 2 heterocycles. The molecule has 0 aromatic heterocycles. The highest BCUT2D eigenvalue weighted by molar-refractivity contribution is 8.14. The van der Waals surface area contributed by atoms with Crippen molar-refractivity contribution < 1.29 is 23.8 Å². The van der Waals surface area contributed by atoms with Crippen molar-refractivity contribution >= 4 is 34.5 Å². The van der Waals surface area contributed by atoms with Crippen molar-refractivity contribution in [3.05, 3.63) is 53.6 Å². The number of nitrogens with one attached hydrogen (secondary N) is 2. The van der Waals surface area contributed by atoms with Crippen LogP contribution in [0.25, 0.3) is 0 Å². The number of ether oxygens (including phenoxy) is 3. The molecule has 0 aliphatic carbocycles. The van der Waals surface area contributed by atoms with Crippen molar-refractivity contribution in [1.29, 1.82) is 0 Å². The highest BCUT2D eigenvalue weighted by atomic mass is 32.2. The predicted molar refractivity (Wildman–Crippen MR) is 154 cm³/mol. The summed E-state index contributed by atoms with van der Waals surface area (Å²) < 4.78 is 16.6. The molecular formula is C28H37N5O5S. The van der Waals surface area contributed by atoms with Gasteiger partial charge in [-0.25, -0.2) is 9.80 Å². The second kappa shape index (κ2) is 14.2. The van der Waals surface area contributed by atoms with Crippen LogP contribution in [0.1, 0.15) is 31.4 Å². The fourth-order valence-corrected chi connectivity index (χ4v) is 5.01. The lowest BCUT2D eigenvalue weighted by Crippen LogP contribution is -2.43. The molecule has 10 nitrogen and oxygen atoms in total. The van der Waals surface area contributed by atoms with Crippen molar-refractivity contribution in [2.24, 2.45) is 5.10 Å². The number of carbonyl (C=O) groups excluding carboxylic acids is 2. The Morgan fingerprint density at radius 2 is 1.90 bits per heavy atom. The Hall–Kier alpha value is -3.28. The summed E-state index contributed by atoms with van der Waals surface area (Å²) in [4.78, 5) is 27.1. The van der Waals surface area contributed by atoms with Gasteiger partial charge >= 0.3 is 11.3 Å². The predicted octanol–water partition coefficient (Wildman–Crippen LogP) is 4.40. The molecule has 2 aliphatic rings. The van der Waals surface area contributed by atoms with Gasteiger partial charge in [-0.05, 0) is 56.2 Å². The molecule has 0 atom stereocenters. The Morgan fingerprint density at radius 3 is 2.62 bits per heavy atom. The van der Waals surface area contributed by atoms with Crippen molar-refractivity contribution in [2.45, 2.75) is 32.9 Å². The van der Waals surface area contributed by atoms with Gasteiger partial charge in [0.2, 0.25) is 0 Å². The number of benzene rings is 2. The van der Waals surface area contributed by atoms with Crippen molar-refractivity contribution in [2.75, 3.05) is 57.5 Å². The van der Waals surface area contributed by atoms with Crippen LogP contribution in [0.2, 0.25) is 0 Å². The lowest BCUT2D eigenvalue weighted by Gasteiger charge is -2.26.